The first-order chi connectivity index (χ1) is 7.15. The number of hydrogen-bond acceptors (Lipinski definition) is 4. The van der Waals surface area contributed by atoms with E-state index in [4.69, 9.17) is 4.42 Å². The molecule has 0 saturated heterocycles. The highest BCUT2D eigenvalue weighted by Gasteiger charge is 2.11. The molecule has 0 saturated carbocycles. The smallest absolute Gasteiger partial charge is 0.293 e. The van der Waals surface area contributed by atoms with E-state index >= 15 is 0 Å². The molecule has 0 bridgehead atoms. The van der Waals surface area contributed by atoms with Gasteiger partial charge in [0.2, 0.25) is 0 Å². The Kier molecular flexibility index (Phi) is 2.88. The number of aromatic nitrogens is 1. The summed E-state index contributed by atoms with van der Waals surface area (Å²) in [5.74, 6) is -0.0372. The van der Waals surface area contributed by atoms with Gasteiger partial charge in [0.25, 0.3) is 5.91 Å². The molecule has 6 heteroatoms. The molecule has 0 aliphatic heterocycles. The zero-order chi connectivity index (χ0) is 10.8. The van der Waals surface area contributed by atoms with E-state index in [0.29, 0.717) is 9.80 Å². The van der Waals surface area contributed by atoms with Crippen LogP contribution in [-0.4, -0.2) is 10.9 Å². The number of halogens is 1. The summed E-state index contributed by atoms with van der Waals surface area (Å²) < 4.78 is 5.64. The first-order valence-electron chi connectivity index (χ1n) is 4.14. The lowest BCUT2D eigenvalue weighted by Gasteiger charge is -1.96. The fourth-order valence-corrected chi connectivity index (χ4v) is 2.00. The molecule has 15 heavy (non-hydrogen) atoms. The van der Waals surface area contributed by atoms with Crippen LogP contribution < -0.4 is 5.32 Å². The van der Waals surface area contributed by atoms with Gasteiger partial charge in [-0.15, -0.1) is 11.3 Å². The number of aryl methyl sites for hydroxylation is 1. The van der Waals surface area contributed by atoms with Crippen molar-refractivity contribution < 1.29 is 9.21 Å². The molecule has 0 aliphatic carbocycles. The number of carbonyl (C=O) groups is 1. The summed E-state index contributed by atoms with van der Waals surface area (Å²) in [6, 6.07) is 3.27. The number of thiazole rings is 1. The van der Waals surface area contributed by atoms with Crippen molar-refractivity contribution >= 4 is 38.3 Å². The van der Waals surface area contributed by atoms with E-state index in [1.54, 1.807) is 12.1 Å². The molecule has 2 heterocycles. The second kappa shape index (κ2) is 4.16. The third-order valence-corrected chi connectivity index (χ3v) is 2.94. The monoisotopic (exact) mass is 286 g/mol. The van der Waals surface area contributed by atoms with Crippen LogP contribution in [0, 0.1) is 6.92 Å². The van der Waals surface area contributed by atoms with E-state index in [-0.39, 0.29) is 11.7 Å². The van der Waals surface area contributed by atoms with Crippen LogP contribution in [0.25, 0.3) is 0 Å². The summed E-state index contributed by atoms with van der Waals surface area (Å²) in [4.78, 5) is 15.7. The zero-order valence-corrected chi connectivity index (χ0v) is 10.2. The molecular weight excluding hydrogens is 280 g/mol. The molecule has 0 atom stereocenters. The van der Waals surface area contributed by atoms with Gasteiger partial charge in [0.05, 0.1) is 5.69 Å². The maximum absolute atomic E-state index is 11.6. The van der Waals surface area contributed by atoms with Gasteiger partial charge < -0.3 is 4.42 Å². The number of furan rings is 1. The Balaban J connectivity index is 2.10. The summed E-state index contributed by atoms with van der Waals surface area (Å²) in [6.45, 7) is 1.87. The van der Waals surface area contributed by atoms with Crippen LogP contribution in [0.3, 0.4) is 0 Å². The molecule has 0 spiro atoms. The Morgan fingerprint density at radius 3 is 2.93 bits per heavy atom. The number of anilines is 1. The van der Waals surface area contributed by atoms with E-state index in [9.17, 15) is 4.79 Å². The van der Waals surface area contributed by atoms with E-state index < -0.39 is 0 Å². The molecule has 1 N–H and O–H groups in total. The molecule has 1 amide bonds. The molecule has 0 aliphatic rings. The van der Waals surface area contributed by atoms with Crippen LogP contribution in [0.2, 0.25) is 0 Å². The summed E-state index contributed by atoms with van der Waals surface area (Å²) in [5.41, 5.74) is 0.885. The number of amides is 1. The minimum absolute atomic E-state index is 0.259. The SMILES string of the molecule is Cc1csc(NC(=O)c2ccc(Br)o2)n1. The van der Waals surface area contributed by atoms with Gasteiger partial charge in [-0.3, -0.25) is 10.1 Å². The van der Waals surface area contributed by atoms with Crippen LogP contribution in [0.15, 0.2) is 26.6 Å². The Labute approximate surface area is 98.5 Å². The van der Waals surface area contributed by atoms with Gasteiger partial charge in [0.15, 0.2) is 15.6 Å². The van der Waals surface area contributed by atoms with Gasteiger partial charge in [0.1, 0.15) is 0 Å². The third kappa shape index (κ3) is 2.45. The van der Waals surface area contributed by atoms with Crippen molar-refractivity contribution in [1.82, 2.24) is 4.98 Å². The highest BCUT2D eigenvalue weighted by Crippen LogP contribution is 2.18. The second-order valence-corrected chi connectivity index (χ2v) is 4.49. The van der Waals surface area contributed by atoms with Crippen LogP contribution in [0.5, 0.6) is 0 Å². The van der Waals surface area contributed by atoms with Crippen molar-refractivity contribution in [2.24, 2.45) is 0 Å². The van der Waals surface area contributed by atoms with Crippen molar-refractivity contribution in [3.8, 4) is 0 Å². The molecule has 0 unspecified atom stereocenters. The normalized spacial score (nSPS) is 10.3. The number of carbonyl (C=O) groups excluding carboxylic acids is 1. The van der Waals surface area contributed by atoms with Crippen LogP contribution in [0.4, 0.5) is 5.13 Å². The predicted octanol–water partition coefficient (Wildman–Crippen LogP) is 3.06. The zero-order valence-electron chi connectivity index (χ0n) is 7.78. The van der Waals surface area contributed by atoms with E-state index in [1.165, 1.54) is 11.3 Å². The van der Waals surface area contributed by atoms with Crippen molar-refractivity contribution in [1.29, 1.82) is 0 Å². The minimum atomic E-state index is -0.296. The number of hydrogen-bond donors (Lipinski definition) is 1. The molecule has 0 fully saturated rings. The maximum atomic E-state index is 11.6. The molecule has 2 rings (SSSR count). The van der Waals surface area contributed by atoms with Gasteiger partial charge in [-0.05, 0) is 35.0 Å². The Morgan fingerprint density at radius 2 is 2.40 bits per heavy atom. The summed E-state index contributed by atoms with van der Waals surface area (Å²) in [7, 11) is 0. The standard InChI is InChI=1S/C9H7BrN2O2S/c1-5-4-15-9(11-5)12-8(13)6-2-3-7(10)14-6/h2-4H,1H3,(H,11,12,13). The summed E-state index contributed by atoms with van der Waals surface area (Å²) in [6.07, 6.45) is 0. The fraction of sp³-hybridized carbons (Fsp3) is 0.111. The molecule has 78 valence electrons. The minimum Gasteiger partial charge on any atom is -0.444 e. The topological polar surface area (TPSA) is 55.1 Å². The average molecular weight is 287 g/mol. The number of nitrogens with one attached hydrogen (secondary N) is 1. The molecule has 0 radical (unpaired) electrons. The highest BCUT2D eigenvalue weighted by molar-refractivity contribution is 9.10. The molecular formula is C9H7BrN2O2S. The summed E-state index contributed by atoms with van der Waals surface area (Å²) >= 11 is 4.51. The predicted molar refractivity (Wildman–Crippen MR) is 61.2 cm³/mol. The summed E-state index contributed by atoms with van der Waals surface area (Å²) in [5, 5.41) is 5.09. The molecule has 4 nitrogen and oxygen atoms in total. The molecule has 0 aromatic carbocycles. The molecule has 2 aromatic rings. The maximum Gasteiger partial charge on any atom is 0.293 e. The van der Waals surface area contributed by atoms with Gasteiger partial charge >= 0.3 is 0 Å². The average Bonchev–Trinajstić information content (AvgIpc) is 2.75. The first-order valence-corrected chi connectivity index (χ1v) is 5.81. The highest BCUT2D eigenvalue weighted by atomic mass is 79.9. The van der Waals surface area contributed by atoms with E-state index in [2.05, 4.69) is 26.2 Å². The van der Waals surface area contributed by atoms with E-state index in [0.717, 1.165) is 5.69 Å². The van der Waals surface area contributed by atoms with Crippen molar-refractivity contribution in [3.63, 3.8) is 0 Å². The largest absolute Gasteiger partial charge is 0.444 e. The van der Waals surface area contributed by atoms with Gasteiger partial charge in [-0.25, -0.2) is 4.98 Å². The van der Waals surface area contributed by atoms with Crippen LogP contribution in [-0.2, 0) is 0 Å². The lowest BCUT2D eigenvalue weighted by Crippen LogP contribution is -2.10. The fourth-order valence-electron chi connectivity index (χ4n) is 1.01. The van der Waals surface area contributed by atoms with Crippen molar-refractivity contribution in [2.75, 3.05) is 5.32 Å². The third-order valence-electron chi connectivity index (χ3n) is 1.64. The van der Waals surface area contributed by atoms with Crippen LogP contribution in [0.1, 0.15) is 16.2 Å². The quantitative estimate of drug-likeness (QED) is 0.923. The van der Waals surface area contributed by atoms with Gasteiger partial charge in [-0.1, -0.05) is 0 Å². The van der Waals surface area contributed by atoms with Gasteiger partial charge in [-0.2, -0.15) is 0 Å². The number of rotatable bonds is 2. The second-order valence-electron chi connectivity index (χ2n) is 2.85. The van der Waals surface area contributed by atoms with Crippen molar-refractivity contribution in [3.05, 3.63) is 33.6 Å². The molecule has 2 aromatic heterocycles. The van der Waals surface area contributed by atoms with Gasteiger partial charge in [0, 0.05) is 5.38 Å². The lowest BCUT2D eigenvalue weighted by atomic mass is 10.4. The first kappa shape index (κ1) is 10.4. The van der Waals surface area contributed by atoms with Crippen LogP contribution >= 0.6 is 27.3 Å². The van der Waals surface area contributed by atoms with E-state index in [1.807, 2.05) is 12.3 Å². The number of nitrogens with zero attached hydrogens (tertiary/aromatic N) is 1. The Morgan fingerprint density at radius 1 is 1.60 bits per heavy atom. The lowest BCUT2D eigenvalue weighted by molar-refractivity contribution is 0.0995. The Hall–Kier alpha value is -1.14. The Bertz CT molecular complexity index is 492. The van der Waals surface area contributed by atoms with Crippen molar-refractivity contribution in [2.45, 2.75) is 6.92 Å².